The molecule has 7 heteroatoms. The molecule has 17 heavy (non-hydrogen) atoms. The van der Waals surface area contributed by atoms with Crippen LogP contribution in [0, 0.1) is 5.92 Å². The zero-order valence-electron chi connectivity index (χ0n) is 10.2. The highest BCUT2D eigenvalue weighted by atomic mass is 32.2. The molecule has 0 unspecified atom stereocenters. The maximum absolute atomic E-state index is 11.7. The highest BCUT2D eigenvalue weighted by Gasteiger charge is 2.28. The van der Waals surface area contributed by atoms with Crippen molar-refractivity contribution in [3.05, 3.63) is 0 Å². The molecule has 0 aromatic heterocycles. The fourth-order valence-corrected chi connectivity index (χ4v) is 2.62. The monoisotopic (exact) mass is 263 g/mol. The van der Waals surface area contributed by atoms with Crippen LogP contribution in [-0.2, 0) is 15.0 Å². The number of piperidine rings is 1. The Balaban J connectivity index is 2.34. The van der Waals surface area contributed by atoms with Crippen LogP contribution in [-0.4, -0.2) is 38.3 Å². The number of hydrogen-bond donors (Lipinski definition) is 2. The van der Waals surface area contributed by atoms with Crippen molar-refractivity contribution < 1.29 is 13.2 Å². The first-order chi connectivity index (χ1) is 7.95. The van der Waals surface area contributed by atoms with Gasteiger partial charge in [-0.25, -0.2) is 5.14 Å². The number of hydrogen-bond acceptors (Lipinski definition) is 3. The average Bonchev–Trinajstić information content (AvgIpc) is 2.28. The summed E-state index contributed by atoms with van der Waals surface area (Å²) in [5, 5.41) is 7.90. The largest absolute Gasteiger partial charge is 0.356 e. The van der Waals surface area contributed by atoms with Crippen molar-refractivity contribution in [2.75, 3.05) is 19.6 Å². The number of nitrogens with two attached hydrogens (primary N) is 1. The number of rotatable bonds is 5. The van der Waals surface area contributed by atoms with E-state index in [0.717, 1.165) is 12.8 Å². The van der Waals surface area contributed by atoms with Gasteiger partial charge in [-0.15, -0.1) is 0 Å². The summed E-state index contributed by atoms with van der Waals surface area (Å²) in [4.78, 5) is 11.7. The first-order valence-corrected chi connectivity index (χ1v) is 7.51. The molecule has 0 bridgehead atoms. The minimum absolute atomic E-state index is 0.0347. The maximum Gasteiger partial charge on any atom is 0.276 e. The molecule has 1 rings (SSSR count). The van der Waals surface area contributed by atoms with E-state index in [-0.39, 0.29) is 11.8 Å². The second-order valence-electron chi connectivity index (χ2n) is 4.36. The standard InChI is InChI=1S/C10H21N3O3S/c1-2-3-6-12-10(14)9-4-7-13(8-5-9)17(11,15)16/h9H,2-8H2,1H3,(H,12,14)(H2,11,15,16). The van der Waals surface area contributed by atoms with Gasteiger partial charge in [0.05, 0.1) is 0 Å². The molecule has 1 saturated heterocycles. The molecule has 1 amide bonds. The van der Waals surface area contributed by atoms with E-state index in [1.807, 2.05) is 0 Å². The van der Waals surface area contributed by atoms with Crippen LogP contribution < -0.4 is 10.5 Å². The summed E-state index contributed by atoms with van der Waals surface area (Å²) in [5.74, 6) is -0.0441. The van der Waals surface area contributed by atoms with Crippen molar-refractivity contribution in [1.29, 1.82) is 0 Å². The first kappa shape index (κ1) is 14.4. The van der Waals surface area contributed by atoms with Gasteiger partial charge in [0.2, 0.25) is 5.91 Å². The molecule has 0 aromatic rings. The highest BCUT2D eigenvalue weighted by molar-refractivity contribution is 7.86. The van der Waals surface area contributed by atoms with E-state index in [9.17, 15) is 13.2 Å². The third-order valence-electron chi connectivity index (χ3n) is 3.01. The fourth-order valence-electron chi connectivity index (χ4n) is 1.91. The second kappa shape index (κ2) is 6.32. The van der Waals surface area contributed by atoms with Crippen LogP contribution in [0.4, 0.5) is 0 Å². The van der Waals surface area contributed by atoms with Crippen LogP contribution in [0.3, 0.4) is 0 Å². The van der Waals surface area contributed by atoms with Crippen molar-refractivity contribution in [2.24, 2.45) is 11.1 Å². The zero-order chi connectivity index (χ0) is 12.9. The predicted octanol–water partition coefficient (Wildman–Crippen LogP) is -0.182. The SMILES string of the molecule is CCCCNC(=O)C1CCN(S(N)(=O)=O)CC1. The fraction of sp³-hybridized carbons (Fsp3) is 0.900. The van der Waals surface area contributed by atoms with Gasteiger partial charge in [-0.05, 0) is 19.3 Å². The number of nitrogens with one attached hydrogen (secondary N) is 1. The summed E-state index contributed by atoms with van der Waals surface area (Å²) in [5.41, 5.74) is 0. The molecular weight excluding hydrogens is 242 g/mol. The third kappa shape index (κ3) is 4.61. The lowest BCUT2D eigenvalue weighted by molar-refractivity contribution is -0.126. The van der Waals surface area contributed by atoms with Gasteiger partial charge in [-0.3, -0.25) is 4.79 Å². The van der Waals surface area contributed by atoms with Gasteiger partial charge >= 0.3 is 0 Å². The summed E-state index contributed by atoms with van der Waals surface area (Å²) in [7, 11) is -3.59. The van der Waals surface area contributed by atoms with Crippen LogP contribution in [0.5, 0.6) is 0 Å². The summed E-state index contributed by atoms with van der Waals surface area (Å²) < 4.78 is 23.4. The normalized spacial score (nSPS) is 19.2. The molecule has 0 atom stereocenters. The van der Waals surface area contributed by atoms with Crippen molar-refractivity contribution in [3.8, 4) is 0 Å². The average molecular weight is 263 g/mol. The third-order valence-corrected chi connectivity index (χ3v) is 4.10. The smallest absolute Gasteiger partial charge is 0.276 e. The molecule has 0 aliphatic carbocycles. The molecule has 1 fully saturated rings. The zero-order valence-corrected chi connectivity index (χ0v) is 11.0. The molecule has 0 spiro atoms. The first-order valence-electron chi connectivity index (χ1n) is 6.00. The van der Waals surface area contributed by atoms with Crippen LogP contribution in [0.25, 0.3) is 0 Å². The van der Waals surface area contributed by atoms with E-state index in [1.165, 1.54) is 4.31 Å². The van der Waals surface area contributed by atoms with Gasteiger partial charge in [0.1, 0.15) is 0 Å². The van der Waals surface area contributed by atoms with Crippen LogP contribution >= 0.6 is 0 Å². The summed E-state index contributed by atoms with van der Waals surface area (Å²) in [6.45, 7) is 3.44. The van der Waals surface area contributed by atoms with Crippen molar-refractivity contribution >= 4 is 16.1 Å². The highest BCUT2D eigenvalue weighted by Crippen LogP contribution is 2.18. The molecule has 3 N–H and O–H groups in total. The topological polar surface area (TPSA) is 92.5 Å². The quantitative estimate of drug-likeness (QED) is 0.674. The van der Waals surface area contributed by atoms with Gasteiger partial charge in [0, 0.05) is 25.6 Å². The van der Waals surface area contributed by atoms with E-state index in [2.05, 4.69) is 12.2 Å². The maximum atomic E-state index is 11.7. The van der Waals surface area contributed by atoms with E-state index in [1.54, 1.807) is 0 Å². The van der Waals surface area contributed by atoms with Crippen molar-refractivity contribution in [3.63, 3.8) is 0 Å². The lowest BCUT2D eigenvalue weighted by Gasteiger charge is -2.28. The Morgan fingerprint density at radius 3 is 2.47 bits per heavy atom. The Bertz CT molecular complexity index is 348. The van der Waals surface area contributed by atoms with Gasteiger partial charge in [-0.2, -0.15) is 12.7 Å². The second-order valence-corrected chi connectivity index (χ2v) is 5.91. The molecule has 1 aliphatic rings. The molecule has 0 aromatic carbocycles. The van der Waals surface area contributed by atoms with Crippen LogP contribution in [0.2, 0.25) is 0 Å². The molecule has 6 nitrogen and oxygen atoms in total. The Kier molecular flexibility index (Phi) is 5.35. The van der Waals surface area contributed by atoms with Crippen molar-refractivity contribution in [2.45, 2.75) is 32.6 Å². The molecule has 0 saturated carbocycles. The lowest BCUT2D eigenvalue weighted by atomic mass is 9.97. The number of carbonyl (C=O) groups is 1. The van der Waals surface area contributed by atoms with E-state index >= 15 is 0 Å². The summed E-state index contributed by atoms with van der Waals surface area (Å²) in [6.07, 6.45) is 3.12. The van der Waals surface area contributed by atoms with Gasteiger partial charge in [0.25, 0.3) is 10.2 Å². The molecule has 1 aliphatic heterocycles. The van der Waals surface area contributed by atoms with E-state index in [4.69, 9.17) is 5.14 Å². The van der Waals surface area contributed by atoms with Gasteiger partial charge in [0.15, 0.2) is 0 Å². The molecule has 0 radical (unpaired) electrons. The molecule has 1 heterocycles. The number of carbonyl (C=O) groups excluding carboxylic acids is 1. The summed E-state index contributed by atoms with van der Waals surface area (Å²) in [6, 6.07) is 0. The minimum atomic E-state index is -3.59. The Hall–Kier alpha value is -0.660. The Morgan fingerprint density at radius 2 is 2.00 bits per heavy atom. The Labute approximate surface area is 103 Å². The van der Waals surface area contributed by atoms with Gasteiger partial charge in [-0.1, -0.05) is 13.3 Å². The summed E-state index contributed by atoms with van der Waals surface area (Å²) >= 11 is 0. The molecular formula is C10H21N3O3S. The van der Waals surface area contributed by atoms with Crippen LogP contribution in [0.15, 0.2) is 0 Å². The molecule has 100 valence electrons. The van der Waals surface area contributed by atoms with E-state index in [0.29, 0.717) is 32.5 Å². The van der Waals surface area contributed by atoms with Gasteiger partial charge < -0.3 is 5.32 Å². The number of nitrogens with zero attached hydrogens (tertiary/aromatic N) is 1. The van der Waals surface area contributed by atoms with E-state index < -0.39 is 10.2 Å². The Morgan fingerprint density at radius 1 is 1.41 bits per heavy atom. The number of amides is 1. The van der Waals surface area contributed by atoms with Crippen molar-refractivity contribution in [1.82, 2.24) is 9.62 Å². The number of unbranched alkanes of at least 4 members (excludes halogenated alkanes) is 1. The lowest BCUT2D eigenvalue weighted by Crippen LogP contribution is -2.45. The van der Waals surface area contributed by atoms with Crippen LogP contribution in [0.1, 0.15) is 32.6 Å². The minimum Gasteiger partial charge on any atom is -0.356 e. The predicted molar refractivity (Wildman–Crippen MR) is 65.3 cm³/mol.